The number of anilines is 1. The summed E-state index contributed by atoms with van der Waals surface area (Å²) < 4.78 is 5.37. The van der Waals surface area contributed by atoms with E-state index in [2.05, 4.69) is 17.6 Å². The third-order valence-electron chi connectivity index (χ3n) is 3.84. The predicted octanol–water partition coefficient (Wildman–Crippen LogP) is 1.51. The zero-order chi connectivity index (χ0) is 12.5. The van der Waals surface area contributed by atoms with Crippen LogP contribution in [-0.4, -0.2) is 19.0 Å². The van der Waals surface area contributed by atoms with Gasteiger partial charge in [0.2, 0.25) is 5.91 Å². The first kappa shape index (κ1) is 11.7. The predicted molar refractivity (Wildman–Crippen MR) is 69.1 cm³/mol. The van der Waals surface area contributed by atoms with Crippen LogP contribution in [0.2, 0.25) is 0 Å². The van der Waals surface area contributed by atoms with Gasteiger partial charge < -0.3 is 15.4 Å². The number of carbonyl (C=O) groups excluding carboxylic acids is 1. The molecule has 2 atom stereocenters. The molecule has 96 valence electrons. The van der Waals surface area contributed by atoms with E-state index in [0.717, 1.165) is 18.8 Å². The van der Waals surface area contributed by atoms with Crippen LogP contribution in [0.15, 0.2) is 18.2 Å². The number of hydrogen-bond acceptors (Lipinski definition) is 3. The molecule has 2 aliphatic rings. The van der Waals surface area contributed by atoms with Crippen molar-refractivity contribution in [3.63, 3.8) is 0 Å². The highest BCUT2D eigenvalue weighted by molar-refractivity contribution is 5.93. The summed E-state index contributed by atoms with van der Waals surface area (Å²) >= 11 is 0. The maximum absolute atomic E-state index is 12.1. The van der Waals surface area contributed by atoms with Crippen molar-refractivity contribution in [2.75, 3.05) is 18.4 Å². The zero-order valence-electron chi connectivity index (χ0n) is 10.5. The second-order valence-electron chi connectivity index (χ2n) is 5.21. The molecule has 0 aliphatic carbocycles. The minimum Gasteiger partial charge on any atom is -0.372 e. The molecule has 18 heavy (non-hydrogen) atoms. The number of ether oxygens (including phenoxy) is 1. The van der Waals surface area contributed by atoms with E-state index >= 15 is 0 Å². The third kappa shape index (κ3) is 2.13. The Balaban J connectivity index is 1.71. The molecule has 4 heteroatoms. The van der Waals surface area contributed by atoms with Gasteiger partial charge in [-0.1, -0.05) is 13.0 Å². The summed E-state index contributed by atoms with van der Waals surface area (Å²) in [5, 5.41) is 6.26. The second kappa shape index (κ2) is 4.71. The number of amides is 1. The molecule has 1 aromatic rings. The lowest BCUT2D eigenvalue weighted by Gasteiger charge is -2.14. The van der Waals surface area contributed by atoms with Gasteiger partial charge in [0.1, 0.15) is 0 Å². The fourth-order valence-corrected chi connectivity index (χ4v) is 2.65. The van der Waals surface area contributed by atoms with Gasteiger partial charge in [0.15, 0.2) is 0 Å². The standard InChI is InChI=1S/C14H18N2O2/c1-9-5-15-6-13(9)14(17)16-12-3-2-10-7-18-8-11(10)4-12/h2-4,9,13,15H,5-8H2,1H3,(H,16,17). The van der Waals surface area contributed by atoms with Gasteiger partial charge in [-0.3, -0.25) is 4.79 Å². The molecule has 0 radical (unpaired) electrons. The van der Waals surface area contributed by atoms with Crippen molar-refractivity contribution < 1.29 is 9.53 Å². The quantitative estimate of drug-likeness (QED) is 0.831. The van der Waals surface area contributed by atoms with Gasteiger partial charge >= 0.3 is 0 Å². The van der Waals surface area contributed by atoms with Gasteiger partial charge in [-0.05, 0) is 35.7 Å². The first-order valence-electron chi connectivity index (χ1n) is 6.45. The summed E-state index contributed by atoms with van der Waals surface area (Å²) in [7, 11) is 0. The van der Waals surface area contributed by atoms with Gasteiger partial charge in [0.05, 0.1) is 19.1 Å². The Morgan fingerprint density at radius 1 is 1.33 bits per heavy atom. The van der Waals surface area contributed by atoms with Crippen molar-refractivity contribution in [1.82, 2.24) is 5.32 Å². The average molecular weight is 246 g/mol. The summed E-state index contributed by atoms with van der Waals surface area (Å²) in [5.41, 5.74) is 3.29. The van der Waals surface area contributed by atoms with E-state index in [-0.39, 0.29) is 11.8 Å². The molecule has 1 saturated heterocycles. The van der Waals surface area contributed by atoms with Crippen LogP contribution in [0.1, 0.15) is 18.1 Å². The van der Waals surface area contributed by atoms with Crippen molar-refractivity contribution >= 4 is 11.6 Å². The van der Waals surface area contributed by atoms with Crippen LogP contribution in [-0.2, 0) is 22.7 Å². The molecule has 1 fully saturated rings. The normalized spacial score (nSPS) is 26.1. The van der Waals surface area contributed by atoms with Crippen LogP contribution in [0.5, 0.6) is 0 Å². The number of hydrogen-bond donors (Lipinski definition) is 2. The molecule has 2 unspecified atom stereocenters. The Hall–Kier alpha value is -1.39. The fourth-order valence-electron chi connectivity index (χ4n) is 2.65. The molecule has 2 aliphatic heterocycles. The third-order valence-corrected chi connectivity index (χ3v) is 3.84. The Kier molecular flexibility index (Phi) is 3.06. The van der Waals surface area contributed by atoms with E-state index in [0.29, 0.717) is 19.1 Å². The SMILES string of the molecule is CC1CNCC1C(=O)Nc1ccc2c(c1)COC2. The van der Waals surface area contributed by atoms with Crippen molar-refractivity contribution in [1.29, 1.82) is 0 Å². The maximum atomic E-state index is 12.1. The molecule has 2 N–H and O–H groups in total. The van der Waals surface area contributed by atoms with Gasteiger partial charge in [0, 0.05) is 12.2 Å². The zero-order valence-corrected chi connectivity index (χ0v) is 10.5. The number of fused-ring (bicyclic) bond motifs is 1. The monoisotopic (exact) mass is 246 g/mol. The Morgan fingerprint density at radius 3 is 2.94 bits per heavy atom. The molecule has 0 bridgehead atoms. The van der Waals surface area contributed by atoms with Gasteiger partial charge in [-0.2, -0.15) is 0 Å². The molecule has 0 spiro atoms. The topological polar surface area (TPSA) is 50.4 Å². The highest BCUT2D eigenvalue weighted by Crippen LogP contribution is 2.24. The van der Waals surface area contributed by atoms with E-state index in [1.165, 1.54) is 11.1 Å². The molecule has 1 amide bonds. The second-order valence-corrected chi connectivity index (χ2v) is 5.21. The van der Waals surface area contributed by atoms with Crippen LogP contribution in [0, 0.1) is 11.8 Å². The molecular formula is C14H18N2O2. The van der Waals surface area contributed by atoms with Crippen LogP contribution < -0.4 is 10.6 Å². The van der Waals surface area contributed by atoms with Crippen molar-refractivity contribution in [2.24, 2.45) is 11.8 Å². The van der Waals surface area contributed by atoms with Crippen molar-refractivity contribution in [3.8, 4) is 0 Å². The maximum Gasteiger partial charge on any atom is 0.229 e. The molecular weight excluding hydrogens is 228 g/mol. The lowest BCUT2D eigenvalue weighted by molar-refractivity contribution is -0.120. The summed E-state index contributed by atoms with van der Waals surface area (Å²) in [6, 6.07) is 6.01. The van der Waals surface area contributed by atoms with E-state index in [9.17, 15) is 4.79 Å². The average Bonchev–Trinajstić information content (AvgIpc) is 2.96. The van der Waals surface area contributed by atoms with Gasteiger partial charge in [-0.25, -0.2) is 0 Å². The van der Waals surface area contributed by atoms with Crippen LogP contribution >= 0.6 is 0 Å². The summed E-state index contributed by atoms with van der Waals surface area (Å²) in [5.74, 6) is 0.601. The molecule has 4 nitrogen and oxygen atoms in total. The van der Waals surface area contributed by atoms with Gasteiger partial charge in [0.25, 0.3) is 0 Å². The van der Waals surface area contributed by atoms with E-state index in [4.69, 9.17) is 4.74 Å². The number of nitrogens with one attached hydrogen (secondary N) is 2. The lowest BCUT2D eigenvalue weighted by atomic mass is 9.97. The molecule has 0 saturated carbocycles. The number of benzene rings is 1. The largest absolute Gasteiger partial charge is 0.372 e. The van der Waals surface area contributed by atoms with E-state index in [1.807, 2.05) is 18.2 Å². The molecule has 1 aromatic carbocycles. The van der Waals surface area contributed by atoms with Crippen LogP contribution in [0.3, 0.4) is 0 Å². The molecule has 0 aromatic heterocycles. The molecule has 3 rings (SSSR count). The van der Waals surface area contributed by atoms with Crippen LogP contribution in [0.4, 0.5) is 5.69 Å². The van der Waals surface area contributed by atoms with Crippen molar-refractivity contribution in [2.45, 2.75) is 20.1 Å². The Morgan fingerprint density at radius 2 is 2.17 bits per heavy atom. The van der Waals surface area contributed by atoms with E-state index in [1.54, 1.807) is 0 Å². The highest BCUT2D eigenvalue weighted by Gasteiger charge is 2.29. The number of rotatable bonds is 2. The lowest BCUT2D eigenvalue weighted by Crippen LogP contribution is -2.27. The van der Waals surface area contributed by atoms with Crippen LogP contribution in [0.25, 0.3) is 0 Å². The number of carbonyl (C=O) groups is 1. The smallest absolute Gasteiger partial charge is 0.229 e. The molecule has 2 heterocycles. The Labute approximate surface area is 107 Å². The highest BCUT2D eigenvalue weighted by atomic mass is 16.5. The fraction of sp³-hybridized carbons (Fsp3) is 0.500. The minimum absolute atomic E-state index is 0.0782. The summed E-state index contributed by atoms with van der Waals surface area (Å²) in [4.78, 5) is 12.1. The van der Waals surface area contributed by atoms with E-state index < -0.39 is 0 Å². The minimum atomic E-state index is 0.0782. The van der Waals surface area contributed by atoms with Gasteiger partial charge in [-0.15, -0.1) is 0 Å². The first-order valence-corrected chi connectivity index (χ1v) is 6.45. The summed E-state index contributed by atoms with van der Waals surface area (Å²) in [6.45, 7) is 5.16. The summed E-state index contributed by atoms with van der Waals surface area (Å²) in [6.07, 6.45) is 0. The Bertz CT molecular complexity index is 473. The van der Waals surface area contributed by atoms with Crippen molar-refractivity contribution in [3.05, 3.63) is 29.3 Å². The first-order chi connectivity index (χ1) is 8.74.